The van der Waals surface area contributed by atoms with Gasteiger partial charge in [-0.25, -0.2) is 8.78 Å². The predicted molar refractivity (Wildman–Crippen MR) is 135 cm³/mol. The van der Waals surface area contributed by atoms with E-state index in [-0.39, 0.29) is 23.5 Å². The van der Waals surface area contributed by atoms with E-state index in [1.807, 2.05) is 6.20 Å². The molecule has 0 spiro atoms. The minimum atomic E-state index is -0.399. The van der Waals surface area contributed by atoms with Crippen LogP contribution >= 0.6 is 0 Å². The number of aromatic nitrogens is 1. The zero-order valence-electron chi connectivity index (χ0n) is 20.5. The predicted octanol–water partition coefficient (Wildman–Crippen LogP) is 5.38. The second kappa shape index (κ2) is 9.85. The summed E-state index contributed by atoms with van der Waals surface area (Å²) in [5.41, 5.74) is 3.30. The number of H-pyrrole nitrogens is 1. The smallest absolute Gasteiger partial charge is 0.251 e. The number of amides is 1. The molecule has 7 heteroatoms. The van der Waals surface area contributed by atoms with Gasteiger partial charge in [-0.2, -0.15) is 0 Å². The van der Waals surface area contributed by atoms with Gasteiger partial charge in [-0.1, -0.05) is 6.42 Å². The molecule has 36 heavy (non-hydrogen) atoms. The van der Waals surface area contributed by atoms with E-state index in [9.17, 15) is 13.6 Å². The van der Waals surface area contributed by atoms with Crippen molar-refractivity contribution in [2.75, 3.05) is 19.7 Å². The van der Waals surface area contributed by atoms with Crippen molar-refractivity contribution in [1.82, 2.24) is 15.2 Å². The molecule has 2 saturated carbocycles. The van der Waals surface area contributed by atoms with Crippen LogP contribution in [0.3, 0.4) is 0 Å². The highest BCUT2D eigenvalue weighted by Gasteiger charge is 2.35. The van der Waals surface area contributed by atoms with E-state index in [0.29, 0.717) is 42.7 Å². The van der Waals surface area contributed by atoms with Gasteiger partial charge in [0.05, 0.1) is 0 Å². The summed E-state index contributed by atoms with van der Waals surface area (Å²) in [7, 11) is 0. The number of rotatable bonds is 9. The Morgan fingerprint density at radius 2 is 1.97 bits per heavy atom. The monoisotopic (exact) mass is 493 g/mol. The van der Waals surface area contributed by atoms with Crippen LogP contribution in [0, 0.1) is 17.6 Å². The molecule has 3 aliphatic rings. The Morgan fingerprint density at radius 1 is 1.11 bits per heavy atom. The number of hydrogen-bond acceptors (Lipinski definition) is 3. The first kappa shape index (κ1) is 23.5. The number of aryl methyl sites for hydroxylation is 1. The van der Waals surface area contributed by atoms with Crippen LogP contribution in [0.15, 0.2) is 36.5 Å². The molecule has 1 amide bonds. The maximum absolute atomic E-state index is 14.6. The molecule has 2 heterocycles. The molecule has 1 unspecified atom stereocenters. The van der Waals surface area contributed by atoms with Crippen molar-refractivity contribution < 1.29 is 18.3 Å². The average Bonchev–Trinajstić information content (AvgIpc) is 3.60. The summed E-state index contributed by atoms with van der Waals surface area (Å²) >= 11 is 0. The van der Waals surface area contributed by atoms with Crippen molar-refractivity contribution in [3.05, 3.63) is 64.9 Å². The molecular weight excluding hydrogens is 460 g/mol. The third kappa shape index (κ3) is 4.73. The SMILES string of the molecule is O=C(NCC1CC1)c1ccc(F)c2c1CC(N(CCCc1c[nH]c3ccc(F)cc13)C1CCC1)CO2. The third-order valence-electron chi connectivity index (χ3n) is 8.17. The Kier molecular flexibility index (Phi) is 6.42. The summed E-state index contributed by atoms with van der Waals surface area (Å²) in [6, 6.07) is 8.39. The topological polar surface area (TPSA) is 57.4 Å². The van der Waals surface area contributed by atoms with Gasteiger partial charge in [0.2, 0.25) is 0 Å². The van der Waals surface area contributed by atoms with Crippen LogP contribution in [-0.4, -0.2) is 47.6 Å². The Labute approximate surface area is 210 Å². The summed E-state index contributed by atoms with van der Waals surface area (Å²) in [6.07, 6.45) is 10.2. The highest BCUT2D eigenvalue weighted by Crippen LogP contribution is 2.36. The molecule has 2 aliphatic carbocycles. The number of ether oxygens (including phenoxy) is 1. The van der Waals surface area contributed by atoms with Crippen LogP contribution < -0.4 is 10.1 Å². The normalized spacial score (nSPS) is 19.7. The molecular formula is C29H33F2N3O2. The Balaban J connectivity index is 1.17. The van der Waals surface area contributed by atoms with Crippen LogP contribution in [0.25, 0.3) is 10.9 Å². The van der Waals surface area contributed by atoms with Crippen molar-refractivity contribution >= 4 is 16.8 Å². The lowest BCUT2D eigenvalue weighted by Crippen LogP contribution is -2.52. The molecule has 2 N–H and O–H groups in total. The van der Waals surface area contributed by atoms with Crippen LogP contribution in [0.1, 0.15) is 60.0 Å². The highest BCUT2D eigenvalue weighted by molar-refractivity contribution is 5.96. The Bertz CT molecular complexity index is 1260. The lowest BCUT2D eigenvalue weighted by molar-refractivity contribution is 0.0421. The van der Waals surface area contributed by atoms with Crippen LogP contribution in [0.5, 0.6) is 5.75 Å². The standard InChI is InChI=1S/C29H33F2N3O2/c30-20-8-11-27-24(13-20)19(16-32-27)3-2-12-34(21-4-1-5-21)22-14-25-23(29(35)33-15-18-6-7-18)9-10-26(31)28(25)36-17-22/h8-11,13,16,18,21-22,32H,1-7,12,14-15,17H2,(H,33,35). The lowest BCUT2D eigenvalue weighted by atomic mass is 9.87. The Morgan fingerprint density at radius 3 is 2.75 bits per heavy atom. The molecule has 1 atom stereocenters. The summed E-state index contributed by atoms with van der Waals surface area (Å²) in [4.78, 5) is 18.7. The van der Waals surface area contributed by atoms with Crippen molar-refractivity contribution in [2.45, 2.75) is 63.5 Å². The number of halogens is 2. The largest absolute Gasteiger partial charge is 0.489 e. The van der Waals surface area contributed by atoms with E-state index in [2.05, 4.69) is 15.2 Å². The van der Waals surface area contributed by atoms with Crippen molar-refractivity contribution in [2.24, 2.45) is 5.92 Å². The molecule has 1 aliphatic heterocycles. The van der Waals surface area contributed by atoms with E-state index in [4.69, 9.17) is 4.74 Å². The van der Waals surface area contributed by atoms with E-state index in [1.165, 1.54) is 18.6 Å². The summed E-state index contributed by atoms with van der Waals surface area (Å²) in [6.45, 7) is 1.99. The molecule has 6 rings (SSSR count). The summed E-state index contributed by atoms with van der Waals surface area (Å²) in [5, 5.41) is 3.97. The number of carbonyl (C=O) groups is 1. The van der Waals surface area contributed by atoms with Crippen molar-refractivity contribution in [3.63, 3.8) is 0 Å². The van der Waals surface area contributed by atoms with Crippen molar-refractivity contribution in [3.8, 4) is 5.75 Å². The number of aromatic amines is 1. The number of benzene rings is 2. The van der Waals surface area contributed by atoms with Gasteiger partial charge < -0.3 is 15.0 Å². The molecule has 0 saturated heterocycles. The fourth-order valence-corrected chi connectivity index (χ4v) is 5.70. The van der Waals surface area contributed by atoms with Gasteiger partial charge in [0.1, 0.15) is 12.4 Å². The Hall–Kier alpha value is -2.93. The summed E-state index contributed by atoms with van der Waals surface area (Å²) in [5.74, 6) is 0.0615. The molecule has 1 aromatic heterocycles. The van der Waals surface area contributed by atoms with Gasteiger partial charge in [0.15, 0.2) is 11.6 Å². The number of hydrogen-bond donors (Lipinski definition) is 2. The molecule has 0 bridgehead atoms. The van der Waals surface area contributed by atoms with Gasteiger partial charge in [0, 0.05) is 46.9 Å². The van der Waals surface area contributed by atoms with Crippen molar-refractivity contribution in [1.29, 1.82) is 0 Å². The maximum atomic E-state index is 14.6. The van der Waals surface area contributed by atoms with E-state index >= 15 is 0 Å². The first-order valence-corrected chi connectivity index (χ1v) is 13.3. The van der Waals surface area contributed by atoms with Gasteiger partial charge >= 0.3 is 0 Å². The van der Waals surface area contributed by atoms with E-state index in [0.717, 1.165) is 61.5 Å². The minimum Gasteiger partial charge on any atom is -0.489 e. The van der Waals surface area contributed by atoms with Gasteiger partial charge in [-0.3, -0.25) is 9.69 Å². The third-order valence-corrected chi connectivity index (χ3v) is 8.17. The number of nitrogens with zero attached hydrogens (tertiary/aromatic N) is 1. The highest BCUT2D eigenvalue weighted by atomic mass is 19.1. The van der Waals surface area contributed by atoms with E-state index < -0.39 is 5.82 Å². The van der Waals surface area contributed by atoms with Gasteiger partial charge in [-0.15, -0.1) is 0 Å². The fraction of sp³-hybridized carbons (Fsp3) is 0.483. The lowest BCUT2D eigenvalue weighted by Gasteiger charge is -2.44. The fourth-order valence-electron chi connectivity index (χ4n) is 5.70. The maximum Gasteiger partial charge on any atom is 0.251 e. The average molecular weight is 494 g/mol. The first-order valence-electron chi connectivity index (χ1n) is 13.3. The zero-order valence-corrected chi connectivity index (χ0v) is 20.5. The molecule has 3 aromatic rings. The van der Waals surface area contributed by atoms with Crippen LogP contribution in [-0.2, 0) is 12.8 Å². The van der Waals surface area contributed by atoms with Gasteiger partial charge in [0.25, 0.3) is 5.91 Å². The van der Waals surface area contributed by atoms with Crippen LogP contribution in [0.2, 0.25) is 0 Å². The second-order valence-corrected chi connectivity index (χ2v) is 10.7. The molecule has 2 fully saturated rings. The quantitative estimate of drug-likeness (QED) is 0.421. The molecule has 2 aromatic carbocycles. The molecule has 0 radical (unpaired) electrons. The first-order chi connectivity index (χ1) is 17.6. The van der Waals surface area contributed by atoms with E-state index in [1.54, 1.807) is 18.2 Å². The molecule has 190 valence electrons. The summed E-state index contributed by atoms with van der Waals surface area (Å²) < 4.78 is 34.4. The number of nitrogens with one attached hydrogen (secondary N) is 2. The second-order valence-electron chi connectivity index (χ2n) is 10.7. The molecule has 5 nitrogen and oxygen atoms in total. The number of carbonyl (C=O) groups excluding carboxylic acids is 1. The van der Waals surface area contributed by atoms with Gasteiger partial charge in [-0.05, 0) is 93.3 Å². The number of fused-ring (bicyclic) bond motifs is 2. The minimum absolute atomic E-state index is 0.0972. The zero-order chi connectivity index (χ0) is 24.6. The van der Waals surface area contributed by atoms with Crippen LogP contribution in [0.4, 0.5) is 8.78 Å².